The molecule has 0 N–H and O–H groups in total. The summed E-state index contributed by atoms with van der Waals surface area (Å²) in [6.07, 6.45) is 8.29. The zero-order valence-electron chi connectivity index (χ0n) is 12.5. The van der Waals surface area contributed by atoms with Crippen LogP contribution in [-0.4, -0.2) is 23.4 Å². The van der Waals surface area contributed by atoms with Gasteiger partial charge in [0.1, 0.15) is 0 Å². The van der Waals surface area contributed by atoms with Crippen LogP contribution in [0.5, 0.6) is 0 Å². The Bertz CT molecular complexity index is 476. The SMILES string of the molecule is CC1Cc2ccccc2CC(=O)N1CC1CCCCC1. The van der Waals surface area contributed by atoms with Crippen LogP contribution in [0.15, 0.2) is 24.3 Å². The molecule has 3 rings (SSSR count). The number of nitrogens with zero attached hydrogens (tertiary/aromatic N) is 1. The van der Waals surface area contributed by atoms with Crippen LogP contribution >= 0.6 is 0 Å². The van der Waals surface area contributed by atoms with Crippen LogP contribution in [-0.2, 0) is 17.6 Å². The van der Waals surface area contributed by atoms with Crippen LogP contribution in [0, 0.1) is 5.92 Å². The summed E-state index contributed by atoms with van der Waals surface area (Å²) >= 11 is 0. The van der Waals surface area contributed by atoms with Gasteiger partial charge in [-0.3, -0.25) is 4.79 Å². The van der Waals surface area contributed by atoms with E-state index in [-0.39, 0.29) is 0 Å². The molecule has 1 aliphatic heterocycles. The molecule has 1 heterocycles. The second-order valence-electron chi connectivity index (χ2n) is 6.55. The van der Waals surface area contributed by atoms with Crippen LogP contribution in [0.3, 0.4) is 0 Å². The Hall–Kier alpha value is -1.31. The first-order valence-corrected chi connectivity index (χ1v) is 8.10. The van der Waals surface area contributed by atoms with Gasteiger partial charge in [-0.1, -0.05) is 43.5 Å². The maximum Gasteiger partial charge on any atom is 0.227 e. The van der Waals surface area contributed by atoms with Gasteiger partial charge in [0.15, 0.2) is 0 Å². The quantitative estimate of drug-likeness (QED) is 0.805. The fourth-order valence-corrected chi connectivity index (χ4v) is 3.80. The third-order valence-electron chi connectivity index (χ3n) is 5.01. The molecule has 0 radical (unpaired) electrons. The van der Waals surface area contributed by atoms with Gasteiger partial charge in [0.25, 0.3) is 0 Å². The summed E-state index contributed by atoms with van der Waals surface area (Å²) < 4.78 is 0. The predicted octanol–water partition coefficient (Wildman–Crippen LogP) is 3.58. The average molecular weight is 271 g/mol. The summed E-state index contributed by atoms with van der Waals surface area (Å²) in [6.45, 7) is 3.19. The normalized spacial score (nSPS) is 24.4. The molecule has 1 fully saturated rings. The van der Waals surface area contributed by atoms with Crippen molar-refractivity contribution >= 4 is 5.91 Å². The highest BCUT2D eigenvalue weighted by molar-refractivity contribution is 5.80. The summed E-state index contributed by atoms with van der Waals surface area (Å²) in [5.74, 6) is 1.06. The zero-order valence-corrected chi connectivity index (χ0v) is 12.5. The van der Waals surface area contributed by atoms with Crippen molar-refractivity contribution in [3.8, 4) is 0 Å². The first-order valence-electron chi connectivity index (χ1n) is 8.10. The van der Waals surface area contributed by atoms with Gasteiger partial charge in [-0.15, -0.1) is 0 Å². The van der Waals surface area contributed by atoms with E-state index in [0.29, 0.717) is 18.4 Å². The Morgan fingerprint density at radius 3 is 2.55 bits per heavy atom. The van der Waals surface area contributed by atoms with Gasteiger partial charge in [-0.2, -0.15) is 0 Å². The number of carbonyl (C=O) groups is 1. The number of hydrogen-bond donors (Lipinski definition) is 0. The lowest BCUT2D eigenvalue weighted by Gasteiger charge is -2.33. The lowest BCUT2D eigenvalue weighted by Crippen LogP contribution is -2.42. The van der Waals surface area contributed by atoms with Gasteiger partial charge in [-0.25, -0.2) is 0 Å². The van der Waals surface area contributed by atoms with Gasteiger partial charge < -0.3 is 4.90 Å². The average Bonchev–Trinajstić information content (AvgIpc) is 2.58. The first-order chi connectivity index (χ1) is 9.74. The van der Waals surface area contributed by atoms with Crippen LogP contribution in [0.2, 0.25) is 0 Å². The smallest absolute Gasteiger partial charge is 0.227 e. The monoisotopic (exact) mass is 271 g/mol. The fraction of sp³-hybridized carbons (Fsp3) is 0.611. The largest absolute Gasteiger partial charge is 0.339 e. The van der Waals surface area contributed by atoms with E-state index in [9.17, 15) is 4.79 Å². The van der Waals surface area contributed by atoms with Crippen molar-refractivity contribution in [2.75, 3.05) is 6.54 Å². The second-order valence-corrected chi connectivity index (χ2v) is 6.55. The molecule has 2 heteroatoms. The van der Waals surface area contributed by atoms with Gasteiger partial charge in [0.05, 0.1) is 6.42 Å². The number of benzene rings is 1. The topological polar surface area (TPSA) is 20.3 Å². The summed E-state index contributed by atoms with van der Waals surface area (Å²) in [4.78, 5) is 14.7. The molecule has 1 aliphatic carbocycles. The van der Waals surface area contributed by atoms with Crippen molar-refractivity contribution < 1.29 is 4.79 Å². The Labute approximate surface area is 122 Å². The number of amides is 1. The minimum absolute atomic E-state index is 0.327. The Morgan fingerprint density at radius 1 is 1.10 bits per heavy atom. The van der Waals surface area contributed by atoms with Gasteiger partial charge >= 0.3 is 0 Å². The highest BCUT2D eigenvalue weighted by Crippen LogP contribution is 2.27. The molecule has 0 spiro atoms. The van der Waals surface area contributed by atoms with E-state index < -0.39 is 0 Å². The summed E-state index contributed by atoms with van der Waals surface area (Å²) in [5, 5.41) is 0. The summed E-state index contributed by atoms with van der Waals surface area (Å²) in [6, 6.07) is 8.78. The molecule has 2 nitrogen and oxygen atoms in total. The van der Waals surface area contributed by atoms with Crippen molar-refractivity contribution in [3.63, 3.8) is 0 Å². The number of carbonyl (C=O) groups excluding carboxylic acids is 1. The summed E-state index contributed by atoms with van der Waals surface area (Å²) in [7, 11) is 0. The van der Waals surface area contributed by atoms with E-state index in [4.69, 9.17) is 0 Å². The molecule has 1 aromatic rings. The minimum atomic E-state index is 0.327. The van der Waals surface area contributed by atoms with Crippen LogP contribution in [0.25, 0.3) is 0 Å². The van der Waals surface area contributed by atoms with Crippen molar-refractivity contribution in [2.45, 2.75) is 57.9 Å². The highest BCUT2D eigenvalue weighted by Gasteiger charge is 2.28. The lowest BCUT2D eigenvalue weighted by molar-refractivity contribution is -0.133. The van der Waals surface area contributed by atoms with E-state index in [1.54, 1.807) is 0 Å². The number of hydrogen-bond acceptors (Lipinski definition) is 1. The van der Waals surface area contributed by atoms with Crippen molar-refractivity contribution in [1.29, 1.82) is 0 Å². The van der Waals surface area contributed by atoms with E-state index >= 15 is 0 Å². The molecule has 1 amide bonds. The Balaban J connectivity index is 1.74. The van der Waals surface area contributed by atoms with E-state index in [0.717, 1.165) is 18.9 Å². The van der Waals surface area contributed by atoms with E-state index in [2.05, 4.69) is 30.0 Å². The van der Waals surface area contributed by atoms with Gasteiger partial charge in [0.2, 0.25) is 5.91 Å². The third kappa shape index (κ3) is 2.89. The van der Waals surface area contributed by atoms with Crippen molar-refractivity contribution in [1.82, 2.24) is 4.90 Å². The number of rotatable bonds is 2. The van der Waals surface area contributed by atoms with Gasteiger partial charge in [0, 0.05) is 12.6 Å². The fourth-order valence-electron chi connectivity index (χ4n) is 3.80. The Morgan fingerprint density at radius 2 is 1.80 bits per heavy atom. The molecule has 2 aliphatic rings. The molecule has 20 heavy (non-hydrogen) atoms. The Kier molecular flexibility index (Phi) is 4.09. The minimum Gasteiger partial charge on any atom is -0.339 e. The van der Waals surface area contributed by atoms with Crippen molar-refractivity contribution in [2.24, 2.45) is 5.92 Å². The van der Waals surface area contributed by atoms with Crippen LogP contribution in [0.4, 0.5) is 0 Å². The second kappa shape index (κ2) is 5.99. The molecule has 1 unspecified atom stereocenters. The summed E-state index contributed by atoms with van der Waals surface area (Å²) in [5.41, 5.74) is 2.59. The van der Waals surface area contributed by atoms with Crippen LogP contribution < -0.4 is 0 Å². The van der Waals surface area contributed by atoms with E-state index in [1.165, 1.54) is 43.2 Å². The van der Waals surface area contributed by atoms with Crippen LogP contribution in [0.1, 0.15) is 50.2 Å². The molecule has 0 aromatic heterocycles. The van der Waals surface area contributed by atoms with Crippen molar-refractivity contribution in [3.05, 3.63) is 35.4 Å². The molecular weight excluding hydrogens is 246 g/mol. The first kappa shape index (κ1) is 13.7. The molecule has 1 aromatic carbocycles. The number of fused-ring (bicyclic) bond motifs is 1. The maximum absolute atomic E-state index is 12.6. The standard InChI is InChI=1S/C18H25NO/c1-14-11-16-9-5-6-10-17(16)12-18(20)19(14)13-15-7-3-2-4-8-15/h5-6,9-10,14-15H,2-4,7-8,11-13H2,1H3. The maximum atomic E-state index is 12.6. The lowest BCUT2D eigenvalue weighted by atomic mass is 9.88. The zero-order chi connectivity index (χ0) is 13.9. The van der Waals surface area contributed by atoms with Gasteiger partial charge in [-0.05, 0) is 43.2 Å². The molecule has 1 atom stereocenters. The molecule has 0 bridgehead atoms. The molecular formula is C18H25NO. The third-order valence-corrected chi connectivity index (χ3v) is 5.01. The molecule has 108 valence electrons. The highest BCUT2D eigenvalue weighted by atomic mass is 16.2. The molecule has 0 saturated heterocycles. The predicted molar refractivity (Wildman–Crippen MR) is 81.6 cm³/mol. The molecule has 1 saturated carbocycles. The van der Waals surface area contributed by atoms with E-state index in [1.807, 2.05) is 6.07 Å².